The maximum absolute atomic E-state index is 11.8. The largest absolute Gasteiger partial charge is 0.469 e. The monoisotopic (exact) mass is 275 g/mol. The van der Waals surface area contributed by atoms with Gasteiger partial charge in [0.25, 0.3) is 0 Å². The minimum Gasteiger partial charge on any atom is -0.469 e. The third kappa shape index (κ3) is 4.39. The van der Waals surface area contributed by atoms with Crippen LogP contribution in [0.4, 0.5) is 0 Å². The van der Waals surface area contributed by atoms with Crippen molar-refractivity contribution in [2.45, 2.75) is 26.2 Å². The Labute approximate surface area is 118 Å². The number of methoxy groups -OCH3 is 1. The van der Waals surface area contributed by atoms with E-state index in [0.717, 1.165) is 5.56 Å². The lowest BCUT2D eigenvalue weighted by Gasteiger charge is -2.09. The van der Waals surface area contributed by atoms with Gasteiger partial charge in [0.1, 0.15) is 0 Å². The molecule has 0 aromatic heterocycles. The van der Waals surface area contributed by atoms with E-state index in [1.165, 1.54) is 7.11 Å². The van der Waals surface area contributed by atoms with E-state index in [0.29, 0.717) is 17.5 Å². The Morgan fingerprint density at radius 3 is 2.70 bits per heavy atom. The topological polar surface area (TPSA) is 76.4 Å². The van der Waals surface area contributed by atoms with Gasteiger partial charge in [-0.25, -0.2) is 4.79 Å². The van der Waals surface area contributed by atoms with E-state index in [-0.39, 0.29) is 25.4 Å². The first-order chi connectivity index (χ1) is 9.62. The zero-order valence-electron chi connectivity index (χ0n) is 11.6. The van der Waals surface area contributed by atoms with Gasteiger partial charge in [-0.05, 0) is 30.5 Å². The Kier molecular flexibility index (Phi) is 6.24. The second-order valence-corrected chi connectivity index (χ2v) is 4.12. The van der Waals surface area contributed by atoms with Gasteiger partial charge in [0.2, 0.25) is 0 Å². The van der Waals surface area contributed by atoms with Crippen molar-refractivity contribution in [2.24, 2.45) is 0 Å². The molecule has 0 spiro atoms. The molecule has 0 N–H and O–H groups in total. The molecule has 0 fully saturated rings. The second kappa shape index (κ2) is 7.95. The molecule has 5 heteroatoms. The average molecular weight is 275 g/mol. The Morgan fingerprint density at radius 1 is 1.35 bits per heavy atom. The van der Waals surface area contributed by atoms with Crippen LogP contribution in [0, 0.1) is 11.3 Å². The van der Waals surface area contributed by atoms with Crippen LogP contribution in [0.5, 0.6) is 0 Å². The maximum atomic E-state index is 11.8. The van der Waals surface area contributed by atoms with Crippen molar-refractivity contribution in [1.29, 1.82) is 5.26 Å². The standard InChI is InChI=1S/C15H17NO4/c1-3-20-15(18)13-6-4-11(5-7-14(17)19-2)10-12(13)8-9-16/h4,6,10H,3,5,7-8H2,1-2H3. The fourth-order valence-electron chi connectivity index (χ4n) is 1.79. The summed E-state index contributed by atoms with van der Waals surface area (Å²) in [5.41, 5.74) is 1.90. The van der Waals surface area contributed by atoms with Crippen LogP contribution in [0.3, 0.4) is 0 Å². The molecule has 0 aliphatic carbocycles. The predicted molar refractivity (Wildman–Crippen MR) is 72.1 cm³/mol. The van der Waals surface area contributed by atoms with Gasteiger partial charge in [-0.1, -0.05) is 12.1 Å². The average Bonchev–Trinajstić information content (AvgIpc) is 2.45. The van der Waals surface area contributed by atoms with Crippen LogP contribution >= 0.6 is 0 Å². The van der Waals surface area contributed by atoms with E-state index in [4.69, 9.17) is 10.00 Å². The molecule has 20 heavy (non-hydrogen) atoms. The molecule has 0 aliphatic heterocycles. The summed E-state index contributed by atoms with van der Waals surface area (Å²) in [6.45, 7) is 2.02. The molecule has 0 saturated heterocycles. The first kappa shape index (κ1) is 15.7. The number of carbonyl (C=O) groups is 2. The maximum Gasteiger partial charge on any atom is 0.338 e. The van der Waals surface area contributed by atoms with E-state index < -0.39 is 5.97 Å². The molecule has 5 nitrogen and oxygen atoms in total. The second-order valence-electron chi connectivity index (χ2n) is 4.12. The predicted octanol–water partition coefficient (Wildman–Crippen LogP) is 2.03. The molecule has 1 aromatic rings. The minimum absolute atomic E-state index is 0.125. The number of hydrogen-bond donors (Lipinski definition) is 0. The van der Waals surface area contributed by atoms with Crippen molar-refractivity contribution in [3.63, 3.8) is 0 Å². The molecule has 0 saturated carbocycles. The van der Waals surface area contributed by atoms with Gasteiger partial charge in [0, 0.05) is 6.42 Å². The fraction of sp³-hybridized carbons (Fsp3) is 0.400. The van der Waals surface area contributed by atoms with E-state index >= 15 is 0 Å². The summed E-state index contributed by atoms with van der Waals surface area (Å²) in [6.07, 6.45) is 0.898. The van der Waals surface area contributed by atoms with Crippen LogP contribution in [0.1, 0.15) is 34.8 Å². The third-order valence-electron chi connectivity index (χ3n) is 2.78. The summed E-state index contributed by atoms with van der Waals surface area (Å²) in [4.78, 5) is 22.9. The highest BCUT2D eigenvalue weighted by atomic mass is 16.5. The molecule has 1 aromatic carbocycles. The summed E-state index contributed by atoms with van der Waals surface area (Å²) in [7, 11) is 1.34. The van der Waals surface area contributed by atoms with Crippen molar-refractivity contribution in [3.05, 3.63) is 34.9 Å². The number of rotatable bonds is 6. The summed E-state index contributed by atoms with van der Waals surface area (Å²) in [5.74, 6) is -0.724. The number of esters is 2. The lowest BCUT2D eigenvalue weighted by atomic mass is 9.99. The number of ether oxygens (including phenoxy) is 2. The minimum atomic E-state index is -0.433. The molecular weight excluding hydrogens is 258 g/mol. The highest BCUT2D eigenvalue weighted by molar-refractivity contribution is 5.91. The molecule has 0 aliphatic rings. The molecule has 1 rings (SSSR count). The van der Waals surface area contributed by atoms with Crippen molar-refractivity contribution >= 4 is 11.9 Å². The first-order valence-electron chi connectivity index (χ1n) is 6.35. The lowest BCUT2D eigenvalue weighted by molar-refractivity contribution is -0.140. The summed E-state index contributed by atoms with van der Waals surface area (Å²) < 4.78 is 9.53. The van der Waals surface area contributed by atoms with Gasteiger partial charge in [-0.2, -0.15) is 5.26 Å². The molecular formula is C15H17NO4. The Bertz CT molecular complexity index is 531. The quantitative estimate of drug-likeness (QED) is 0.742. The Balaban J connectivity index is 2.92. The zero-order valence-corrected chi connectivity index (χ0v) is 11.6. The summed E-state index contributed by atoms with van der Waals surface area (Å²) in [5, 5.41) is 8.83. The Hall–Kier alpha value is -2.35. The van der Waals surface area contributed by atoms with Gasteiger partial charge >= 0.3 is 11.9 Å². The van der Waals surface area contributed by atoms with E-state index in [1.54, 1.807) is 25.1 Å². The third-order valence-corrected chi connectivity index (χ3v) is 2.78. The van der Waals surface area contributed by atoms with Crippen LogP contribution in [0.2, 0.25) is 0 Å². The Morgan fingerprint density at radius 2 is 2.10 bits per heavy atom. The van der Waals surface area contributed by atoms with Gasteiger partial charge in [-0.3, -0.25) is 4.79 Å². The van der Waals surface area contributed by atoms with Crippen LogP contribution in [-0.2, 0) is 27.1 Å². The van der Waals surface area contributed by atoms with Crippen LogP contribution in [0.25, 0.3) is 0 Å². The summed E-state index contributed by atoms with van der Waals surface area (Å²) >= 11 is 0. The molecule has 0 heterocycles. The van der Waals surface area contributed by atoms with Crippen LogP contribution in [0.15, 0.2) is 18.2 Å². The molecule has 106 valence electrons. The van der Waals surface area contributed by atoms with Gasteiger partial charge in [0.05, 0.1) is 31.8 Å². The lowest BCUT2D eigenvalue weighted by Crippen LogP contribution is -2.09. The van der Waals surface area contributed by atoms with Gasteiger partial charge in [0.15, 0.2) is 0 Å². The van der Waals surface area contributed by atoms with E-state index in [9.17, 15) is 9.59 Å². The van der Waals surface area contributed by atoms with Crippen molar-refractivity contribution < 1.29 is 19.1 Å². The molecule has 0 unspecified atom stereocenters. The first-order valence-corrected chi connectivity index (χ1v) is 6.35. The van der Waals surface area contributed by atoms with Crippen molar-refractivity contribution in [2.75, 3.05) is 13.7 Å². The number of nitrogens with zero attached hydrogens (tertiary/aromatic N) is 1. The molecule has 0 radical (unpaired) electrons. The van der Waals surface area contributed by atoms with Crippen LogP contribution in [-0.4, -0.2) is 25.7 Å². The van der Waals surface area contributed by atoms with E-state index in [1.807, 2.05) is 6.07 Å². The number of nitriles is 1. The van der Waals surface area contributed by atoms with Crippen molar-refractivity contribution in [3.8, 4) is 6.07 Å². The van der Waals surface area contributed by atoms with Crippen LogP contribution < -0.4 is 0 Å². The number of benzene rings is 1. The van der Waals surface area contributed by atoms with Gasteiger partial charge in [-0.15, -0.1) is 0 Å². The van der Waals surface area contributed by atoms with Crippen molar-refractivity contribution in [1.82, 2.24) is 0 Å². The van der Waals surface area contributed by atoms with E-state index in [2.05, 4.69) is 4.74 Å². The van der Waals surface area contributed by atoms with Gasteiger partial charge < -0.3 is 9.47 Å². The number of carbonyl (C=O) groups excluding carboxylic acids is 2. The highest BCUT2D eigenvalue weighted by Gasteiger charge is 2.13. The SMILES string of the molecule is CCOC(=O)c1ccc(CCC(=O)OC)cc1CC#N. The normalized spacial score (nSPS) is 9.65. The number of hydrogen-bond acceptors (Lipinski definition) is 5. The smallest absolute Gasteiger partial charge is 0.338 e. The molecule has 0 bridgehead atoms. The highest BCUT2D eigenvalue weighted by Crippen LogP contribution is 2.16. The zero-order chi connectivity index (χ0) is 15.0. The molecule has 0 amide bonds. The number of aryl methyl sites for hydroxylation is 1. The summed E-state index contributed by atoms with van der Waals surface area (Å²) in [6, 6.07) is 7.18. The molecule has 0 atom stereocenters. The fourth-order valence-corrected chi connectivity index (χ4v) is 1.79.